The van der Waals surface area contributed by atoms with Gasteiger partial charge in [0.25, 0.3) is 5.56 Å². The fourth-order valence-electron chi connectivity index (χ4n) is 4.05. The molecule has 2 heterocycles. The molecular formula is C23H30N2O5. The van der Waals surface area contributed by atoms with Crippen LogP contribution >= 0.6 is 0 Å². The third-order valence-electron chi connectivity index (χ3n) is 5.44. The van der Waals surface area contributed by atoms with Gasteiger partial charge in [-0.2, -0.15) is 0 Å². The zero-order valence-electron chi connectivity index (χ0n) is 18.3. The molecule has 162 valence electrons. The Labute approximate surface area is 176 Å². The van der Waals surface area contributed by atoms with Crippen LogP contribution in [0.4, 0.5) is 4.79 Å². The number of esters is 1. The molecule has 1 aromatic heterocycles. The van der Waals surface area contributed by atoms with Crippen molar-refractivity contribution in [3.05, 3.63) is 46.2 Å². The van der Waals surface area contributed by atoms with Crippen LogP contribution in [0.25, 0.3) is 10.9 Å². The molecular weight excluding hydrogens is 384 g/mol. The number of ether oxygens (including phenoxy) is 2. The number of benzene rings is 1. The van der Waals surface area contributed by atoms with Crippen molar-refractivity contribution in [3.63, 3.8) is 0 Å². The number of nitrogens with zero attached hydrogens (tertiary/aromatic N) is 2. The Kier molecular flexibility index (Phi) is 6.19. The lowest BCUT2D eigenvalue weighted by molar-refractivity contribution is -0.150. The normalized spacial score (nSPS) is 19.6. The van der Waals surface area contributed by atoms with E-state index in [2.05, 4.69) is 0 Å². The Bertz CT molecular complexity index is 1000. The third-order valence-corrected chi connectivity index (χ3v) is 5.44. The molecule has 0 saturated carbocycles. The summed E-state index contributed by atoms with van der Waals surface area (Å²) in [5.74, 6) is -1.15. The van der Waals surface area contributed by atoms with Crippen LogP contribution in [0.5, 0.6) is 0 Å². The van der Waals surface area contributed by atoms with Crippen molar-refractivity contribution in [1.29, 1.82) is 0 Å². The van der Waals surface area contributed by atoms with Crippen LogP contribution in [-0.4, -0.2) is 46.8 Å². The van der Waals surface area contributed by atoms with Crippen molar-refractivity contribution in [1.82, 2.24) is 9.47 Å². The van der Waals surface area contributed by atoms with Crippen LogP contribution in [0.3, 0.4) is 0 Å². The first-order chi connectivity index (χ1) is 14.1. The molecule has 3 rings (SSSR count). The van der Waals surface area contributed by atoms with Crippen molar-refractivity contribution in [2.24, 2.45) is 13.0 Å². The summed E-state index contributed by atoms with van der Waals surface area (Å²) in [7, 11) is 1.74. The van der Waals surface area contributed by atoms with Gasteiger partial charge < -0.3 is 18.9 Å². The van der Waals surface area contributed by atoms with Gasteiger partial charge in [0.1, 0.15) is 5.60 Å². The maximum Gasteiger partial charge on any atom is 0.410 e. The number of pyridine rings is 1. The Morgan fingerprint density at radius 1 is 1.20 bits per heavy atom. The fraction of sp³-hybridized carbons (Fsp3) is 0.522. The van der Waals surface area contributed by atoms with E-state index in [1.165, 1.54) is 0 Å². The number of para-hydroxylation sites is 1. The van der Waals surface area contributed by atoms with Crippen molar-refractivity contribution in [2.75, 3.05) is 19.7 Å². The maximum atomic E-state index is 12.8. The summed E-state index contributed by atoms with van der Waals surface area (Å²) in [6, 6.07) is 9.29. The molecule has 1 saturated heterocycles. The monoisotopic (exact) mass is 414 g/mol. The Hall–Kier alpha value is -2.83. The number of hydrogen-bond donors (Lipinski definition) is 0. The minimum absolute atomic E-state index is 0.124. The van der Waals surface area contributed by atoms with Gasteiger partial charge in [-0.3, -0.25) is 9.59 Å². The van der Waals surface area contributed by atoms with E-state index in [0.717, 1.165) is 16.5 Å². The van der Waals surface area contributed by atoms with E-state index in [1.54, 1.807) is 29.5 Å². The van der Waals surface area contributed by atoms with Gasteiger partial charge in [-0.05, 0) is 45.7 Å². The molecule has 2 aromatic rings. The number of piperidine rings is 1. The highest BCUT2D eigenvalue weighted by Gasteiger charge is 2.40. The number of aromatic nitrogens is 1. The van der Waals surface area contributed by atoms with Crippen LogP contribution in [0, 0.1) is 5.92 Å². The van der Waals surface area contributed by atoms with Crippen LogP contribution in [-0.2, 0) is 21.3 Å². The molecule has 1 amide bonds. The third kappa shape index (κ3) is 4.50. The van der Waals surface area contributed by atoms with Gasteiger partial charge in [-0.15, -0.1) is 0 Å². The van der Waals surface area contributed by atoms with Crippen molar-refractivity contribution >= 4 is 23.0 Å². The summed E-state index contributed by atoms with van der Waals surface area (Å²) < 4.78 is 12.4. The number of hydrogen-bond acceptors (Lipinski definition) is 5. The molecule has 0 N–H and O–H groups in total. The average Bonchev–Trinajstić information content (AvgIpc) is 2.69. The summed E-state index contributed by atoms with van der Waals surface area (Å²) in [4.78, 5) is 39.6. The Morgan fingerprint density at radius 2 is 1.90 bits per heavy atom. The number of amides is 1. The van der Waals surface area contributed by atoms with E-state index >= 15 is 0 Å². The minimum Gasteiger partial charge on any atom is -0.466 e. The SMILES string of the molecule is CCOC(=O)C1CN(C(=O)OC(C)(C)C)CCC1c1cc(=O)n(C)c2ccccc12. The zero-order chi connectivity index (χ0) is 22.1. The molecule has 7 nitrogen and oxygen atoms in total. The first-order valence-corrected chi connectivity index (χ1v) is 10.4. The van der Waals surface area contributed by atoms with Gasteiger partial charge in [0.2, 0.25) is 0 Å². The Morgan fingerprint density at radius 3 is 2.57 bits per heavy atom. The number of fused-ring (bicyclic) bond motifs is 1. The highest BCUT2D eigenvalue weighted by molar-refractivity contribution is 5.85. The summed E-state index contributed by atoms with van der Waals surface area (Å²) in [5.41, 5.74) is 0.906. The smallest absolute Gasteiger partial charge is 0.410 e. The van der Waals surface area contributed by atoms with E-state index in [-0.39, 0.29) is 30.6 Å². The molecule has 1 aliphatic heterocycles. The minimum atomic E-state index is -0.616. The van der Waals surface area contributed by atoms with E-state index in [1.807, 2.05) is 45.0 Å². The molecule has 30 heavy (non-hydrogen) atoms. The molecule has 2 unspecified atom stereocenters. The predicted octanol–water partition coefficient (Wildman–Crippen LogP) is 3.44. The fourth-order valence-corrected chi connectivity index (χ4v) is 4.05. The number of aryl methyl sites for hydroxylation is 1. The lowest BCUT2D eigenvalue weighted by Crippen LogP contribution is -2.48. The van der Waals surface area contributed by atoms with Crippen LogP contribution in [0.1, 0.15) is 45.6 Å². The molecule has 1 aliphatic rings. The molecule has 1 aromatic carbocycles. The second kappa shape index (κ2) is 8.50. The molecule has 7 heteroatoms. The standard InChI is InChI=1S/C23H30N2O5/c1-6-29-21(27)18-14-25(22(28)30-23(2,3)4)12-11-15(18)17-13-20(26)24(5)19-10-8-7-9-16(17)19/h7-10,13,15,18H,6,11-12,14H2,1-5H3. The average molecular weight is 415 g/mol. The second-order valence-electron chi connectivity index (χ2n) is 8.69. The quantitative estimate of drug-likeness (QED) is 0.719. The summed E-state index contributed by atoms with van der Waals surface area (Å²) in [6.45, 7) is 8.09. The van der Waals surface area contributed by atoms with Crippen LogP contribution in [0.15, 0.2) is 35.1 Å². The molecule has 1 fully saturated rings. The van der Waals surface area contributed by atoms with Crippen LogP contribution in [0.2, 0.25) is 0 Å². The van der Waals surface area contributed by atoms with Gasteiger partial charge in [0, 0.05) is 37.5 Å². The number of likely N-dealkylation sites (tertiary alicyclic amines) is 1. The number of rotatable bonds is 3. The first-order valence-electron chi connectivity index (χ1n) is 10.4. The maximum absolute atomic E-state index is 12.8. The van der Waals surface area contributed by atoms with Crippen molar-refractivity contribution in [3.8, 4) is 0 Å². The number of carbonyl (C=O) groups excluding carboxylic acids is 2. The lowest BCUT2D eigenvalue weighted by atomic mass is 9.79. The Balaban J connectivity index is 2.00. The van der Waals surface area contributed by atoms with E-state index in [9.17, 15) is 14.4 Å². The molecule has 2 atom stereocenters. The first kappa shape index (κ1) is 21.9. The highest BCUT2D eigenvalue weighted by atomic mass is 16.6. The summed E-state index contributed by atoms with van der Waals surface area (Å²) in [6.07, 6.45) is 0.101. The topological polar surface area (TPSA) is 77.8 Å². The molecule has 0 spiro atoms. The molecule has 0 aliphatic carbocycles. The van der Waals surface area contributed by atoms with Gasteiger partial charge >= 0.3 is 12.1 Å². The zero-order valence-corrected chi connectivity index (χ0v) is 18.3. The predicted molar refractivity (Wildman–Crippen MR) is 114 cm³/mol. The van der Waals surface area contributed by atoms with Crippen molar-refractivity contribution in [2.45, 2.75) is 45.6 Å². The van der Waals surface area contributed by atoms with E-state index in [0.29, 0.717) is 13.0 Å². The molecule has 0 bridgehead atoms. The van der Waals surface area contributed by atoms with Crippen molar-refractivity contribution < 1.29 is 19.1 Å². The number of carbonyl (C=O) groups is 2. The van der Waals surface area contributed by atoms with Gasteiger partial charge in [-0.25, -0.2) is 4.79 Å². The van der Waals surface area contributed by atoms with Gasteiger partial charge in [-0.1, -0.05) is 18.2 Å². The molecule has 0 radical (unpaired) electrons. The largest absolute Gasteiger partial charge is 0.466 e. The lowest BCUT2D eigenvalue weighted by Gasteiger charge is -2.38. The van der Waals surface area contributed by atoms with E-state index in [4.69, 9.17) is 9.47 Å². The van der Waals surface area contributed by atoms with Gasteiger partial charge in [0.15, 0.2) is 0 Å². The van der Waals surface area contributed by atoms with Gasteiger partial charge in [0.05, 0.1) is 18.0 Å². The van der Waals surface area contributed by atoms with E-state index < -0.39 is 17.6 Å². The van der Waals surface area contributed by atoms with Crippen LogP contribution < -0.4 is 5.56 Å². The second-order valence-corrected chi connectivity index (χ2v) is 8.69. The summed E-state index contributed by atoms with van der Waals surface area (Å²) >= 11 is 0. The summed E-state index contributed by atoms with van der Waals surface area (Å²) in [5, 5.41) is 0.935. The highest BCUT2D eigenvalue weighted by Crippen LogP contribution is 2.37.